The lowest BCUT2D eigenvalue weighted by Gasteiger charge is -2.21. The van der Waals surface area contributed by atoms with E-state index >= 15 is 0 Å². The Morgan fingerprint density at radius 1 is 1.15 bits per heavy atom. The molecule has 27 heavy (non-hydrogen) atoms. The van der Waals surface area contributed by atoms with Crippen LogP contribution in [0.2, 0.25) is 0 Å². The lowest BCUT2D eigenvalue weighted by atomic mass is 10.1. The molecule has 0 saturated heterocycles. The van der Waals surface area contributed by atoms with Gasteiger partial charge in [0.15, 0.2) is 0 Å². The molecule has 0 aliphatic rings. The van der Waals surface area contributed by atoms with Crippen molar-refractivity contribution in [1.29, 1.82) is 0 Å². The van der Waals surface area contributed by atoms with Crippen LogP contribution in [0.3, 0.4) is 0 Å². The van der Waals surface area contributed by atoms with Gasteiger partial charge in [-0.3, -0.25) is 9.59 Å². The van der Waals surface area contributed by atoms with Gasteiger partial charge in [-0.15, -0.1) is 0 Å². The standard InChI is InChI=1S/C19H16F3N3O2/c1-2-25(18(27)12-6-5-7-13(10-12)19(20,21)22)11-16-23-15-9-4-3-8-14(15)17(26)24-16/h3-10H,2,11H2,1H3,(H,23,24,26). The monoisotopic (exact) mass is 375 g/mol. The molecule has 0 atom stereocenters. The molecule has 0 aliphatic heterocycles. The van der Waals surface area contributed by atoms with E-state index in [0.29, 0.717) is 10.9 Å². The van der Waals surface area contributed by atoms with Gasteiger partial charge in [0, 0.05) is 12.1 Å². The highest BCUT2D eigenvalue weighted by molar-refractivity contribution is 5.94. The van der Waals surface area contributed by atoms with Crippen LogP contribution in [-0.2, 0) is 12.7 Å². The molecule has 1 heterocycles. The van der Waals surface area contributed by atoms with Gasteiger partial charge >= 0.3 is 6.18 Å². The molecular formula is C19H16F3N3O2. The van der Waals surface area contributed by atoms with Crippen molar-refractivity contribution in [2.45, 2.75) is 19.6 Å². The Balaban J connectivity index is 1.90. The van der Waals surface area contributed by atoms with Crippen LogP contribution in [0.5, 0.6) is 0 Å². The molecular weight excluding hydrogens is 359 g/mol. The van der Waals surface area contributed by atoms with Gasteiger partial charge in [0.2, 0.25) is 0 Å². The van der Waals surface area contributed by atoms with Crippen LogP contribution in [0.25, 0.3) is 10.9 Å². The molecule has 140 valence electrons. The number of nitrogens with zero attached hydrogens (tertiary/aromatic N) is 2. The first kappa shape index (κ1) is 18.6. The van der Waals surface area contributed by atoms with Crippen LogP contribution in [0.15, 0.2) is 53.3 Å². The van der Waals surface area contributed by atoms with Crippen molar-refractivity contribution in [3.05, 3.63) is 75.8 Å². The van der Waals surface area contributed by atoms with E-state index in [1.165, 1.54) is 17.0 Å². The maximum absolute atomic E-state index is 12.9. The maximum Gasteiger partial charge on any atom is 0.416 e. The van der Waals surface area contributed by atoms with Crippen LogP contribution in [0.4, 0.5) is 13.2 Å². The predicted octanol–water partition coefficient (Wildman–Crippen LogP) is 3.60. The zero-order valence-electron chi connectivity index (χ0n) is 14.4. The number of benzene rings is 2. The average Bonchev–Trinajstić information content (AvgIpc) is 2.65. The number of nitrogens with one attached hydrogen (secondary N) is 1. The minimum absolute atomic E-state index is 0.0222. The summed E-state index contributed by atoms with van der Waals surface area (Å²) >= 11 is 0. The number of H-pyrrole nitrogens is 1. The summed E-state index contributed by atoms with van der Waals surface area (Å²) in [6.45, 7) is 1.92. The van der Waals surface area contributed by atoms with Gasteiger partial charge in [-0.1, -0.05) is 18.2 Å². The fourth-order valence-electron chi connectivity index (χ4n) is 2.73. The van der Waals surface area contributed by atoms with Crippen LogP contribution in [0.1, 0.15) is 28.7 Å². The second kappa shape index (κ2) is 7.22. The molecule has 0 fully saturated rings. The van der Waals surface area contributed by atoms with Crippen LogP contribution < -0.4 is 5.56 Å². The van der Waals surface area contributed by atoms with Gasteiger partial charge in [0.05, 0.1) is 23.0 Å². The number of hydrogen-bond donors (Lipinski definition) is 1. The largest absolute Gasteiger partial charge is 0.416 e. The number of fused-ring (bicyclic) bond motifs is 1. The number of carbonyl (C=O) groups is 1. The molecule has 3 aromatic rings. The summed E-state index contributed by atoms with van der Waals surface area (Å²) in [5, 5.41) is 0.425. The SMILES string of the molecule is CCN(Cc1nc2ccccc2c(=O)[nH]1)C(=O)c1cccc(C(F)(F)F)c1. The van der Waals surface area contributed by atoms with Gasteiger partial charge in [0.25, 0.3) is 11.5 Å². The average molecular weight is 375 g/mol. The van der Waals surface area contributed by atoms with Gasteiger partial charge in [0.1, 0.15) is 5.82 Å². The molecule has 2 aromatic carbocycles. The van der Waals surface area contributed by atoms with E-state index in [1.807, 2.05) is 0 Å². The fraction of sp³-hybridized carbons (Fsp3) is 0.211. The van der Waals surface area contributed by atoms with Crippen molar-refractivity contribution in [2.24, 2.45) is 0 Å². The summed E-state index contributed by atoms with van der Waals surface area (Å²) in [6.07, 6.45) is -4.53. The van der Waals surface area contributed by atoms with Crippen molar-refractivity contribution in [3.63, 3.8) is 0 Å². The molecule has 0 radical (unpaired) electrons. The first-order valence-electron chi connectivity index (χ1n) is 8.24. The summed E-state index contributed by atoms with van der Waals surface area (Å²) in [5.74, 6) is -0.305. The molecule has 0 bridgehead atoms. The highest BCUT2D eigenvalue weighted by Crippen LogP contribution is 2.29. The van der Waals surface area contributed by atoms with E-state index in [-0.39, 0.29) is 30.0 Å². The number of para-hydroxylation sites is 1. The third kappa shape index (κ3) is 3.99. The second-order valence-electron chi connectivity index (χ2n) is 5.93. The Bertz CT molecular complexity index is 1040. The molecule has 0 spiro atoms. The van der Waals surface area contributed by atoms with E-state index in [4.69, 9.17) is 0 Å². The smallest absolute Gasteiger partial charge is 0.331 e. The van der Waals surface area contributed by atoms with Crippen molar-refractivity contribution < 1.29 is 18.0 Å². The zero-order valence-corrected chi connectivity index (χ0v) is 14.4. The molecule has 3 rings (SSSR count). The molecule has 8 heteroatoms. The lowest BCUT2D eigenvalue weighted by molar-refractivity contribution is -0.137. The van der Waals surface area contributed by atoms with Gasteiger partial charge < -0.3 is 9.88 Å². The highest BCUT2D eigenvalue weighted by Gasteiger charge is 2.31. The topological polar surface area (TPSA) is 66.1 Å². The zero-order chi connectivity index (χ0) is 19.6. The Morgan fingerprint density at radius 3 is 2.59 bits per heavy atom. The minimum Gasteiger partial charge on any atom is -0.331 e. The third-order valence-corrected chi connectivity index (χ3v) is 4.11. The quantitative estimate of drug-likeness (QED) is 0.758. The molecule has 1 aromatic heterocycles. The molecule has 1 N–H and O–H groups in total. The first-order valence-corrected chi connectivity index (χ1v) is 8.24. The lowest BCUT2D eigenvalue weighted by Crippen LogP contribution is -2.32. The summed E-state index contributed by atoms with van der Waals surface area (Å²) in [7, 11) is 0. The molecule has 0 saturated carbocycles. The Kier molecular flexibility index (Phi) is 4.98. The normalized spacial score (nSPS) is 11.6. The molecule has 0 aliphatic carbocycles. The number of aromatic amines is 1. The van der Waals surface area contributed by atoms with E-state index in [2.05, 4.69) is 9.97 Å². The van der Waals surface area contributed by atoms with Gasteiger partial charge in [-0.05, 0) is 37.3 Å². The Labute approximate surface area is 152 Å². The minimum atomic E-state index is -4.53. The number of rotatable bonds is 4. The number of aromatic nitrogens is 2. The third-order valence-electron chi connectivity index (χ3n) is 4.11. The first-order chi connectivity index (χ1) is 12.8. The van der Waals surface area contributed by atoms with Crippen LogP contribution in [0, 0.1) is 0 Å². The Morgan fingerprint density at radius 2 is 1.89 bits per heavy atom. The van der Waals surface area contributed by atoms with Crippen molar-refractivity contribution >= 4 is 16.8 Å². The molecule has 5 nitrogen and oxygen atoms in total. The fourth-order valence-corrected chi connectivity index (χ4v) is 2.73. The summed E-state index contributed by atoms with van der Waals surface area (Å²) in [5.41, 5.74) is -0.812. The Hall–Kier alpha value is -3.16. The van der Waals surface area contributed by atoms with E-state index in [1.54, 1.807) is 31.2 Å². The maximum atomic E-state index is 12.9. The van der Waals surface area contributed by atoms with E-state index < -0.39 is 17.6 Å². The summed E-state index contributed by atoms with van der Waals surface area (Å²) < 4.78 is 38.6. The number of alkyl halides is 3. The van der Waals surface area contributed by atoms with E-state index in [0.717, 1.165) is 12.1 Å². The van der Waals surface area contributed by atoms with Gasteiger partial charge in [-0.2, -0.15) is 13.2 Å². The number of halogens is 3. The van der Waals surface area contributed by atoms with Gasteiger partial charge in [-0.25, -0.2) is 4.98 Å². The summed E-state index contributed by atoms with van der Waals surface area (Å²) in [4.78, 5) is 33.1. The number of hydrogen-bond acceptors (Lipinski definition) is 3. The van der Waals surface area contributed by atoms with E-state index in [9.17, 15) is 22.8 Å². The summed E-state index contributed by atoms with van der Waals surface area (Å²) in [6, 6.07) is 11.0. The molecule has 1 amide bonds. The second-order valence-corrected chi connectivity index (χ2v) is 5.93. The van der Waals surface area contributed by atoms with Crippen molar-refractivity contribution in [1.82, 2.24) is 14.9 Å². The van der Waals surface area contributed by atoms with Crippen LogP contribution >= 0.6 is 0 Å². The molecule has 0 unspecified atom stereocenters. The highest BCUT2D eigenvalue weighted by atomic mass is 19.4. The van der Waals surface area contributed by atoms with Crippen molar-refractivity contribution in [3.8, 4) is 0 Å². The van der Waals surface area contributed by atoms with Crippen LogP contribution in [-0.4, -0.2) is 27.3 Å². The number of amides is 1. The number of carbonyl (C=O) groups excluding carboxylic acids is 1. The predicted molar refractivity (Wildman–Crippen MR) is 94.2 cm³/mol. The van der Waals surface area contributed by atoms with Crippen molar-refractivity contribution in [2.75, 3.05) is 6.54 Å².